The second kappa shape index (κ2) is 7.99. The SMILES string of the molecule is CC(C)=CCN1CCOC(c2cccc(C(F)(F)F)c2)C1.Cl. The normalized spacial score (nSPS) is 19.4. The lowest BCUT2D eigenvalue weighted by molar-refractivity contribution is -0.137. The van der Waals surface area contributed by atoms with Crippen LogP contribution in [0.15, 0.2) is 35.9 Å². The topological polar surface area (TPSA) is 12.5 Å². The number of benzene rings is 1. The maximum Gasteiger partial charge on any atom is 0.416 e. The van der Waals surface area contributed by atoms with Crippen molar-refractivity contribution in [3.8, 4) is 0 Å². The van der Waals surface area contributed by atoms with E-state index in [-0.39, 0.29) is 18.5 Å². The molecule has 1 saturated heterocycles. The highest BCUT2D eigenvalue weighted by molar-refractivity contribution is 5.85. The Morgan fingerprint density at radius 1 is 1.36 bits per heavy atom. The van der Waals surface area contributed by atoms with Gasteiger partial charge in [0, 0.05) is 19.6 Å². The van der Waals surface area contributed by atoms with E-state index >= 15 is 0 Å². The summed E-state index contributed by atoms with van der Waals surface area (Å²) in [7, 11) is 0. The molecular weight excluding hydrogens is 315 g/mol. The molecule has 2 nitrogen and oxygen atoms in total. The Bertz CT molecular complexity index is 512. The highest BCUT2D eigenvalue weighted by Gasteiger charge is 2.31. The van der Waals surface area contributed by atoms with Crippen molar-refractivity contribution in [1.82, 2.24) is 4.90 Å². The number of hydrogen-bond donors (Lipinski definition) is 0. The van der Waals surface area contributed by atoms with Crippen LogP contribution in [-0.2, 0) is 10.9 Å². The molecule has 1 fully saturated rings. The summed E-state index contributed by atoms with van der Waals surface area (Å²) < 4.78 is 43.9. The zero-order valence-corrected chi connectivity index (χ0v) is 13.5. The molecule has 22 heavy (non-hydrogen) atoms. The van der Waals surface area contributed by atoms with E-state index in [0.29, 0.717) is 18.7 Å². The first-order valence-corrected chi connectivity index (χ1v) is 7.01. The molecule has 1 aromatic rings. The summed E-state index contributed by atoms with van der Waals surface area (Å²) in [6.45, 7) is 6.83. The molecule has 6 heteroatoms. The number of ether oxygens (including phenoxy) is 1. The minimum Gasteiger partial charge on any atom is -0.371 e. The fraction of sp³-hybridized carbons (Fsp3) is 0.500. The second-order valence-electron chi connectivity index (χ2n) is 5.52. The van der Waals surface area contributed by atoms with Gasteiger partial charge in [0.25, 0.3) is 0 Å². The van der Waals surface area contributed by atoms with Crippen LogP contribution in [0.5, 0.6) is 0 Å². The van der Waals surface area contributed by atoms with Crippen molar-refractivity contribution in [1.29, 1.82) is 0 Å². The molecule has 0 bridgehead atoms. The van der Waals surface area contributed by atoms with Crippen LogP contribution in [0.1, 0.15) is 31.1 Å². The number of morpholine rings is 1. The largest absolute Gasteiger partial charge is 0.416 e. The van der Waals surface area contributed by atoms with Crippen molar-refractivity contribution in [2.24, 2.45) is 0 Å². The first kappa shape index (κ1) is 19.0. The minimum absolute atomic E-state index is 0. The van der Waals surface area contributed by atoms with E-state index in [1.165, 1.54) is 17.7 Å². The van der Waals surface area contributed by atoms with Crippen molar-refractivity contribution >= 4 is 12.4 Å². The number of alkyl halides is 3. The highest BCUT2D eigenvalue weighted by Crippen LogP contribution is 2.32. The number of hydrogen-bond acceptors (Lipinski definition) is 2. The van der Waals surface area contributed by atoms with E-state index in [4.69, 9.17) is 4.74 Å². The van der Waals surface area contributed by atoms with Crippen LogP contribution in [-0.4, -0.2) is 31.1 Å². The average molecular weight is 336 g/mol. The Hall–Kier alpha value is -1.04. The Labute approximate surface area is 135 Å². The van der Waals surface area contributed by atoms with Gasteiger partial charge in [-0.2, -0.15) is 13.2 Å². The lowest BCUT2D eigenvalue weighted by Gasteiger charge is -2.32. The highest BCUT2D eigenvalue weighted by atomic mass is 35.5. The van der Waals surface area contributed by atoms with Gasteiger partial charge in [0.05, 0.1) is 18.3 Å². The first-order chi connectivity index (χ1) is 9.86. The Kier molecular flexibility index (Phi) is 6.91. The smallest absolute Gasteiger partial charge is 0.371 e. The molecule has 0 saturated carbocycles. The lowest BCUT2D eigenvalue weighted by Crippen LogP contribution is -2.38. The predicted molar refractivity (Wildman–Crippen MR) is 83.3 cm³/mol. The zero-order valence-electron chi connectivity index (χ0n) is 12.7. The van der Waals surface area contributed by atoms with E-state index in [0.717, 1.165) is 19.2 Å². The molecule has 124 valence electrons. The van der Waals surface area contributed by atoms with E-state index < -0.39 is 11.7 Å². The van der Waals surface area contributed by atoms with Crippen LogP contribution >= 0.6 is 12.4 Å². The number of halogens is 4. The maximum atomic E-state index is 12.8. The molecule has 2 rings (SSSR count). The van der Waals surface area contributed by atoms with Crippen molar-refractivity contribution in [2.75, 3.05) is 26.2 Å². The Balaban J connectivity index is 0.00000242. The van der Waals surface area contributed by atoms with Gasteiger partial charge in [-0.05, 0) is 31.5 Å². The van der Waals surface area contributed by atoms with Crippen molar-refractivity contribution in [3.05, 3.63) is 47.0 Å². The van der Waals surface area contributed by atoms with E-state index in [1.54, 1.807) is 6.07 Å². The summed E-state index contributed by atoms with van der Waals surface area (Å²) in [5.41, 5.74) is 1.20. The van der Waals surface area contributed by atoms with Crippen LogP contribution in [0.3, 0.4) is 0 Å². The lowest BCUT2D eigenvalue weighted by atomic mass is 10.0. The molecule has 1 aliphatic heterocycles. The summed E-state index contributed by atoms with van der Waals surface area (Å²) >= 11 is 0. The number of allylic oxidation sites excluding steroid dienone is 1. The van der Waals surface area contributed by atoms with Crippen LogP contribution < -0.4 is 0 Å². The second-order valence-corrected chi connectivity index (χ2v) is 5.52. The van der Waals surface area contributed by atoms with Gasteiger partial charge in [-0.15, -0.1) is 12.4 Å². The van der Waals surface area contributed by atoms with Gasteiger partial charge in [-0.3, -0.25) is 4.90 Å². The minimum atomic E-state index is -4.31. The molecular formula is C16H21ClF3NO. The third kappa shape index (κ3) is 5.30. The summed E-state index contributed by atoms with van der Waals surface area (Å²) in [5.74, 6) is 0. The molecule has 0 spiro atoms. The first-order valence-electron chi connectivity index (χ1n) is 7.01. The number of nitrogens with zero attached hydrogens (tertiary/aromatic N) is 1. The third-order valence-corrected chi connectivity index (χ3v) is 3.49. The van der Waals surface area contributed by atoms with Gasteiger partial charge in [-0.1, -0.05) is 23.8 Å². The fourth-order valence-electron chi connectivity index (χ4n) is 2.30. The van der Waals surface area contributed by atoms with Gasteiger partial charge in [0.2, 0.25) is 0 Å². The third-order valence-electron chi connectivity index (χ3n) is 3.49. The molecule has 0 amide bonds. The van der Waals surface area contributed by atoms with Gasteiger partial charge in [0.15, 0.2) is 0 Å². The molecule has 1 aliphatic rings. The van der Waals surface area contributed by atoms with Crippen molar-refractivity contribution in [3.63, 3.8) is 0 Å². The van der Waals surface area contributed by atoms with Gasteiger partial charge in [0.1, 0.15) is 0 Å². The van der Waals surface area contributed by atoms with Gasteiger partial charge < -0.3 is 4.74 Å². The molecule has 1 heterocycles. The van der Waals surface area contributed by atoms with E-state index in [9.17, 15) is 13.2 Å². The summed E-state index contributed by atoms with van der Waals surface area (Å²) in [6, 6.07) is 5.42. The maximum absolute atomic E-state index is 12.8. The predicted octanol–water partition coefficient (Wildman–Crippen LogP) is 4.47. The zero-order chi connectivity index (χ0) is 15.5. The monoisotopic (exact) mass is 335 g/mol. The summed E-state index contributed by atoms with van der Waals surface area (Å²) in [5, 5.41) is 0. The Morgan fingerprint density at radius 3 is 2.73 bits per heavy atom. The molecule has 0 aromatic heterocycles. The van der Waals surface area contributed by atoms with Gasteiger partial charge >= 0.3 is 6.18 Å². The molecule has 0 aliphatic carbocycles. The fourth-order valence-corrected chi connectivity index (χ4v) is 2.30. The molecule has 1 aromatic carbocycles. The van der Waals surface area contributed by atoms with Crippen molar-refractivity contribution < 1.29 is 17.9 Å². The molecule has 0 N–H and O–H groups in total. The van der Waals surface area contributed by atoms with Crippen LogP contribution in [0.4, 0.5) is 13.2 Å². The van der Waals surface area contributed by atoms with Crippen molar-refractivity contribution in [2.45, 2.75) is 26.1 Å². The summed E-state index contributed by atoms with van der Waals surface area (Å²) in [4.78, 5) is 2.20. The summed E-state index contributed by atoms with van der Waals surface area (Å²) in [6.07, 6.45) is -2.49. The quantitative estimate of drug-likeness (QED) is 0.756. The standard InChI is InChI=1S/C16H20F3NO.ClH/c1-12(2)6-7-20-8-9-21-15(11-20)13-4-3-5-14(10-13)16(17,18)19;/h3-6,10,15H,7-9,11H2,1-2H3;1H. The molecule has 1 atom stereocenters. The van der Waals surface area contributed by atoms with Crippen LogP contribution in [0, 0.1) is 0 Å². The number of rotatable bonds is 3. The molecule has 1 unspecified atom stereocenters. The van der Waals surface area contributed by atoms with E-state index in [2.05, 4.69) is 11.0 Å². The molecule has 0 radical (unpaired) electrons. The van der Waals surface area contributed by atoms with Crippen LogP contribution in [0.25, 0.3) is 0 Å². The van der Waals surface area contributed by atoms with Crippen LogP contribution in [0.2, 0.25) is 0 Å². The average Bonchev–Trinajstić information content (AvgIpc) is 2.45. The van der Waals surface area contributed by atoms with Gasteiger partial charge in [-0.25, -0.2) is 0 Å². The Morgan fingerprint density at radius 2 is 2.09 bits per heavy atom. The van der Waals surface area contributed by atoms with E-state index in [1.807, 2.05) is 13.8 Å².